The van der Waals surface area contributed by atoms with Gasteiger partial charge in [0.25, 0.3) is 0 Å². The molecule has 2 heterocycles. The molecular formula is C15H18N2O. The summed E-state index contributed by atoms with van der Waals surface area (Å²) < 4.78 is 0. The molecule has 1 N–H and O–H groups in total. The minimum absolute atomic E-state index is 0.147. The molecule has 0 radical (unpaired) electrons. The summed E-state index contributed by atoms with van der Waals surface area (Å²) in [7, 11) is 0. The number of hydrogen-bond donors (Lipinski definition) is 1. The third-order valence-corrected chi connectivity index (χ3v) is 3.92. The second kappa shape index (κ2) is 4.94. The van der Waals surface area contributed by atoms with Crippen molar-refractivity contribution in [3.8, 4) is 0 Å². The van der Waals surface area contributed by atoms with Crippen LogP contribution in [0, 0.1) is 11.8 Å². The minimum Gasteiger partial charge on any atom is -0.338 e. The number of benzene rings is 1. The molecule has 18 heavy (non-hydrogen) atoms. The lowest BCUT2D eigenvalue weighted by Crippen LogP contribution is -2.30. The highest BCUT2D eigenvalue weighted by atomic mass is 16.2. The molecule has 2 saturated heterocycles. The van der Waals surface area contributed by atoms with Gasteiger partial charge in [0.15, 0.2) is 0 Å². The van der Waals surface area contributed by atoms with E-state index in [4.69, 9.17) is 0 Å². The maximum absolute atomic E-state index is 12.1. The summed E-state index contributed by atoms with van der Waals surface area (Å²) in [5.41, 5.74) is 1.08. The first kappa shape index (κ1) is 11.5. The molecule has 3 rings (SSSR count). The Balaban J connectivity index is 1.61. The molecule has 2 atom stereocenters. The van der Waals surface area contributed by atoms with Crippen molar-refractivity contribution in [3.63, 3.8) is 0 Å². The lowest BCUT2D eigenvalue weighted by atomic mass is 10.0. The number of fused-ring (bicyclic) bond motifs is 1. The molecule has 0 aromatic heterocycles. The van der Waals surface area contributed by atoms with Gasteiger partial charge in [-0.2, -0.15) is 0 Å². The van der Waals surface area contributed by atoms with Crippen LogP contribution in [0.1, 0.15) is 5.56 Å². The Hall–Kier alpha value is -1.61. The fraction of sp³-hybridized carbons (Fsp3) is 0.400. The number of carbonyl (C=O) groups is 1. The molecule has 3 nitrogen and oxygen atoms in total. The van der Waals surface area contributed by atoms with E-state index in [2.05, 4.69) is 5.32 Å². The summed E-state index contributed by atoms with van der Waals surface area (Å²) in [4.78, 5) is 14.1. The average Bonchev–Trinajstić information content (AvgIpc) is 2.98. The zero-order chi connectivity index (χ0) is 12.4. The van der Waals surface area contributed by atoms with E-state index >= 15 is 0 Å². The Labute approximate surface area is 107 Å². The van der Waals surface area contributed by atoms with E-state index in [0.29, 0.717) is 11.8 Å². The van der Waals surface area contributed by atoms with Crippen molar-refractivity contribution in [3.05, 3.63) is 42.0 Å². The molecule has 0 bridgehead atoms. The molecule has 0 saturated carbocycles. The fourth-order valence-electron chi connectivity index (χ4n) is 2.87. The van der Waals surface area contributed by atoms with Crippen LogP contribution in [0.15, 0.2) is 36.4 Å². The number of nitrogens with one attached hydrogen (secondary N) is 1. The van der Waals surface area contributed by atoms with Crippen molar-refractivity contribution in [1.82, 2.24) is 10.2 Å². The molecule has 2 aliphatic rings. The Morgan fingerprint density at radius 1 is 1.17 bits per heavy atom. The quantitative estimate of drug-likeness (QED) is 0.795. The van der Waals surface area contributed by atoms with Crippen LogP contribution in [0.3, 0.4) is 0 Å². The van der Waals surface area contributed by atoms with E-state index < -0.39 is 0 Å². The van der Waals surface area contributed by atoms with Gasteiger partial charge in [0.2, 0.25) is 5.91 Å². The van der Waals surface area contributed by atoms with Crippen LogP contribution in [0.5, 0.6) is 0 Å². The van der Waals surface area contributed by atoms with E-state index in [1.165, 1.54) is 0 Å². The molecule has 1 amide bonds. The van der Waals surface area contributed by atoms with Gasteiger partial charge in [-0.1, -0.05) is 30.3 Å². The highest BCUT2D eigenvalue weighted by molar-refractivity contribution is 5.92. The van der Waals surface area contributed by atoms with Crippen LogP contribution >= 0.6 is 0 Å². The predicted molar refractivity (Wildman–Crippen MR) is 71.9 cm³/mol. The number of rotatable bonds is 2. The van der Waals surface area contributed by atoms with Crippen LogP contribution < -0.4 is 5.32 Å². The maximum Gasteiger partial charge on any atom is 0.246 e. The molecule has 2 fully saturated rings. The van der Waals surface area contributed by atoms with Gasteiger partial charge in [0, 0.05) is 32.3 Å². The lowest BCUT2D eigenvalue weighted by Gasteiger charge is -2.14. The van der Waals surface area contributed by atoms with E-state index in [0.717, 1.165) is 31.7 Å². The zero-order valence-corrected chi connectivity index (χ0v) is 10.4. The number of nitrogens with zero attached hydrogens (tertiary/aromatic N) is 1. The van der Waals surface area contributed by atoms with Crippen molar-refractivity contribution in [2.24, 2.45) is 11.8 Å². The SMILES string of the molecule is O=C(/C=C/c1ccccc1)N1C[C@H]2CNC[C@H]2C1. The summed E-state index contributed by atoms with van der Waals surface area (Å²) in [6, 6.07) is 9.96. The number of likely N-dealkylation sites (tertiary alicyclic amines) is 1. The Morgan fingerprint density at radius 3 is 2.50 bits per heavy atom. The van der Waals surface area contributed by atoms with E-state index in [-0.39, 0.29) is 5.91 Å². The van der Waals surface area contributed by atoms with Crippen LogP contribution in [-0.2, 0) is 4.79 Å². The Morgan fingerprint density at radius 2 is 1.83 bits per heavy atom. The molecule has 2 aliphatic heterocycles. The highest BCUT2D eigenvalue weighted by Gasteiger charge is 2.37. The van der Waals surface area contributed by atoms with Gasteiger partial charge < -0.3 is 10.2 Å². The third kappa shape index (κ3) is 2.31. The number of carbonyl (C=O) groups excluding carboxylic acids is 1. The molecule has 0 spiro atoms. The largest absolute Gasteiger partial charge is 0.338 e. The monoisotopic (exact) mass is 242 g/mol. The van der Waals surface area contributed by atoms with Crippen molar-refractivity contribution in [2.75, 3.05) is 26.2 Å². The van der Waals surface area contributed by atoms with Gasteiger partial charge in [0.1, 0.15) is 0 Å². The number of amides is 1. The summed E-state index contributed by atoms with van der Waals surface area (Å²) >= 11 is 0. The normalized spacial score (nSPS) is 26.8. The van der Waals surface area contributed by atoms with Crippen LogP contribution in [0.25, 0.3) is 6.08 Å². The minimum atomic E-state index is 0.147. The number of hydrogen-bond acceptors (Lipinski definition) is 2. The molecule has 1 aromatic rings. The van der Waals surface area contributed by atoms with Gasteiger partial charge in [-0.15, -0.1) is 0 Å². The summed E-state index contributed by atoms with van der Waals surface area (Å²) in [5.74, 6) is 1.48. The van der Waals surface area contributed by atoms with Crippen molar-refractivity contribution >= 4 is 12.0 Å². The molecule has 0 aliphatic carbocycles. The first-order valence-electron chi connectivity index (χ1n) is 6.55. The van der Waals surface area contributed by atoms with E-state index in [9.17, 15) is 4.79 Å². The predicted octanol–water partition coefficient (Wildman–Crippen LogP) is 1.38. The smallest absolute Gasteiger partial charge is 0.246 e. The van der Waals surface area contributed by atoms with Crippen LogP contribution in [0.2, 0.25) is 0 Å². The highest BCUT2D eigenvalue weighted by Crippen LogP contribution is 2.26. The van der Waals surface area contributed by atoms with Crippen LogP contribution in [0.4, 0.5) is 0 Å². The summed E-state index contributed by atoms with van der Waals surface area (Å²) in [5, 5.41) is 3.39. The van der Waals surface area contributed by atoms with E-state index in [1.54, 1.807) is 6.08 Å². The van der Waals surface area contributed by atoms with Crippen molar-refractivity contribution in [1.29, 1.82) is 0 Å². The standard InChI is InChI=1S/C15H18N2O/c18-15(7-6-12-4-2-1-3-5-12)17-10-13-8-16-9-14(13)11-17/h1-7,13-14,16H,8-11H2/b7-6+/t13-,14+. The summed E-state index contributed by atoms with van der Waals surface area (Å²) in [6.07, 6.45) is 3.60. The van der Waals surface area contributed by atoms with Crippen molar-refractivity contribution in [2.45, 2.75) is 0 Å². The summed E-state index contributed by atoms with van der Waals surface area (Å²) in [6.45, 7) is 3.96. The molecule has 0 unspecified atom stereocenters. The average molecular weight is 242 g/mol. The van der Waals surface area contributed by atoms with Crippen LogP contribution in [-0.4, -0.2) is 37.0 Å². The van der Waals surface area contributed by atoms with Crippen molar-refractivity contribution < 1.29 is 4.79 Å². The second-order valence-corrected chi connectivity index (χ2v) is 5.17. The van der Waals surface area contributed by atoms with Gasteiger partial charge in [-0.25, -0.2) is 0 Å². The molecular weight excluding hydrogens is 224 g/mol. The van der Waals surface area contributed by atoms with Gasteiger partial charge in [-0.3, -0.25) is 4.79 Å². The first-order chi connectivity index (χ1) is 8.83. The van der Waals surface area contributed by atoms with Gasteiger partial charge >= 0.3 is 0 Å². The molecule has 3 heteroatoms. The first-order valence-corrected chi connectivity index (χ1v) is 6.55. The second-order valence-electron chi connectivity index (χ2n) is 5.17. The Kier molecular flexibility index (Phi) is 3.15. The molecule has 94 valence electrons. The fourth-order valence-corrected chi connectivity index (χ4v) is 2.87. The Bertz CT molecular complexity index is 443. The van der Waals surface area contributed by atoms with E-state index in [1.807, 2.05) is 41.3 Å². The zero-order valence-electron chi connectivity index (χ0n) is 10.4. The lowest BCUT2D eigenvalue weighted by molar-refractivity contribution is -0.125. The van der Waals surface area contributed by atoms with Gasteiger partial charge in [-0.05, 0) is 23.5 Å². The topological polar surface area (TPSA) is 32.3 Å². The molecule has 1 aromatic carbocycles. The van der Waals surface area contributed by atoms with Gasteiger partial charge in [0.05, 0.1) is 0 Å². The maximum atomic E-state index is 12.1. The third-order valence-electron chi connectivity index (χ3n) is 3.92.